The molecule has 0 bridgehead atoms. The summed E-state index contributed by atoms with van der Waals surface area (Å²) in [6, 6.07) is 1.05. The largest absolute Gasteiger partial charge is 0.480 e. The molecule has 1 aromatic rings. The number of carboxylic acid groups (broad SMARTS) is 1. The summed E-state index contributed by atoms with van der Waals surface area (Å²) in [6.07, 6.45) is 4.05. The fourth-order valence-corrected chi connectivity index (χ4v) is 2.13. The molecule has 1 aromatic heterocycles. The first-order chi connectivity index (χ1) is 8.18. The maximum Gasteiger partial charge on any atom is 0.326 e. The maximum atomic E-state index is 12.0. The summed E-state index contributed by atoms with van der Waals surface area (Å²) in [5, 5.41) is 15.5. The van der Waals surface area contributed by atoms with Crippen molar-refractivity contribution in [1.82, 2.24) is 15.1 Å². The molecule has 2 N–H and O–H groups in total. The van der Waals surface area contributed by atoms with Gasteiger partial charge in [0.25, 0.3) is 0 Å². The van der Waals surface area contributed by atoms with E-state index in [1.165, 1.54) is 4.90 Å². The maximum absolute atomic E-state index is 12.0. The molecular weight excluding hydrogens is 222 g/mol. The van der Waals surface area contributed by atoms with E-state index < -0.39 is 12.0 Å². The van der Waals surface area contributed by atoms with Gasteiger partial charge in [-0.15, -0.1) is 0 Å². The Balaban J connectivity index is 2.03. The second kappa shape index (κ2) is 4.99. The number of aromatic nitrogens is 2. The van der Waals surface area contributed by atoms with Crippen molar-refractivity contribution in [3.05, 3.63) is 18.0 Å². The van der Waals surface area contributed by atoms with Crippen LogP contribution in [0.2, 0.25) is 0 Å². The van der Waals surface area contributed by atoms with Crippen molar-refractivity contribution in [1.29, 1.82) is 0 Å². The number of hydrogen-bond donors (Lipinski definition) is 2. The van der Waals surface area contributed by atoms with Crippen molar-refractivity contribution in [2.75, 3.05) is 6.54 Å². The number of carbonyl (C=O) groups excluding carboxylic acids is 1. The van der Waals surface area contributed by atoms with E-state index in [9.17, 15) is 9.59 Å². The molecule has 92 valence electrons. The molecule has 17 heavy (non-hydrogen) atoms. The van der Waals surface area contributed by atoms with Crippen LogP contribution in [0.25, 0.3) is 0 Å². The normalized spacial score (nSPS) is 20.2. The number of carboxylic acids is 1. The first kappa shape index (κ1) is 11.6. The van der Waals surface area contributed by atoms with Crippen LogP contribution in [-0.2, 0) is 16.0 Å². The topological polar surface area (TPSA) is 86.3 Å². The van der Waals surface area contributed by atoms with Crippen LogP contribution < -0.4 is 0 Å². The summed E-state index contributed by atoms with van der Waals surface area (Å²) < 4.78 is 0. The molecule has 1 atom stereocenters. The molecule has 0 aromatic carbocycles. The molecule has 0 radical (unpaired) electrons. The van der Waals surface area contributed by atoms with Gasteiger partial charge in [0.2, 0.25) is 5.91 Å². The summed E-state index contributed by atoms with van der Waals surface area (Å²) >= 11 is 0. The van der Waals surface area contributed by atoms with Crippen LogP contribution in [0.3, 0.4) is 0 Å². The van der Waals surface area contributed by atoms with Gasteiger partial charge in [0.05, 0.1) is 6.42 Å². The number of amides is 1. The Morgan fingerprint density at radius 2 is 2.35 bits per heavy atom. The summed E-state index contributed by atoms with van der Waals surface area (Å²) in [4.78, 5) is 24.5. The van der Waals surface area contributed by atoms with Crippen LogP contribution in [0.1, 0.15) is 25.0 Å². The van der Waals surface area contributed by atoms with Gasteiger partial charge >= 0.3 is 5.97 Å². The molecule has 1 saturated heterocycles. The second-order valence-electron chi connectivity index (χ2n) is 4.20. The number of hydrogen-bond acceptors (Lipinski definition) is 3. The lowest BCUT2D eigenvalue weighted by Crippen LogP contribution is -2.48. The number of rotatable bonds is 3. The fraction of sp³-hybridized carbons (Fsp3) is 0.545. The van der Waals surface area contributed by atoms with E-state index in [4.69, 9.17) is 5.11 Å². The van der Waals surface area contributed by atoms with E-state index in [1.807, 2.05) is 0 Å². The highest BCUT2D eigenvalue weighted by atomic mass is 16.4. The first-order valence-corrected chi connectivity index (χ1v) is 5.69. The van der Waals surface area contributed by atoms with Crippen molar-refractivity contribution in [2.45, 2.75) is 31.7 Å². The smallest absolute Gasteiger partial charge is 0.326 e. The van der Waals surface area contributed by atoms with Gasteiger partial charge in [-0.2, -0.15) is 5.10 Å². The average molecular weight is 237 g/mol. The van der Waals surface area contributed by atoms with E-state index in [-0.39, 0.29) is 12.3 Å². The van der Waals surface area contributed by atoms with Gasteiger partial charge in [-0.1, -0.05) is 0 Å². The third-order valence-electron chi connectivity index (χ3n) is 3.01. The van der Waals surface area contributed by atoms with E-state index in [2.05, 4.69) is 10.2 Å². The van der Waals surface area contributed by atoms with Crippen LogP contribution in [0.4, 0.5) is 0 Å². The number of H-pyrrole nitrogens is 1. The molecule has 6 nitrogen and oxygen atoms in total. The molecule has 0 aliphatic carbocycles. The Morgan fingerprint density at radius 3 is 3.00 bits per heavy atom. The molecule has 0 saturated carbocycles. The Kier molecular flexibility index (Phi) is 3.41. The predicted molar refractivity (Wildman–Crippen MR) is 59.3 cm³/mol. The standard InChI is InChI=1S/C11H15N3O3/c15-10(7-8-4-5-12-13-8)14-6-2-1-3-9(14)11(16)17/h4-5,9H,1-3,6-7H2,(H,12,13)(H,16,17)/t9-/m1/s1. The average Bonchev–Trinajstić information content (AvgIpc) is 2.81. The fourth-order valence-electron chi connectivity index (χ4n) is 2.13. The third-order valence-corrected chi connectivity index (χ3v) is 3.01. The van der Waals surface area contributed by atoms with Gasteiger partial charge < -0.3 is 10.0 Å². The molecule has 1 fully saturated rings. The van der Waals surface area contributed by atoms with Gasteiger partial charge in [-0.05, 0) is 25.3 Å². The number of aromatic amines is 1. The van der Waals surface area contributed by atoms with E-state index >= 15 is 0 Å². The lowest BCUT2D eigenvalue weighted by molar-refractivity contribution is -0.151. The van der Waals surface area contributed by atoms with E-state index in [1.54, 1.807) is 12.3 Å². The summed E-state index contributed by atoms with van der Waals surface area (Å²) in [5.74, 6) is -1.07. The summed E-state index contributed by atoms with van der Waals surface area (Å²) in [7, 11) is 0. The molecule has 1 amide bonds. The highest BCUT2D eigenvalue weighted by Crippen LogP contribution is 2.18. The van der Waals surface area contributed by atoms with Gasteiger partial charge in [-0.3, -0.25) is 9.89 Å². The lowest BCUT2D eigenvalue weighted by Gasteiger charge is -2.32. The SMILES string of the molecule is O=C(O)[C@H]1CCCCN1C(=O)Cc1ccn[nH]1. The molecule has 2 heterocycles. The zero-order chi connectivity index (χ0) is 12.3. The molecule has 2 rings (SSSR count). The lowest BCUT2D eigenvalue weighted by atomic mass is 10.0. The van der Waals surface area contributed by atoms with Crippen LogP contribution in [0.15, 0.2) is 12.3 Å². The molecule has 0 unspecified atom stereocenters. The van der Waals surface area contributed by atoms with Crippen molar-refractivity contribution in [3.8, 4) is 0 Å². The van der Waals surface area contributed by atoms with Crippen LogP contribution in [-0.4, -0.2) is 44.7 Å². The minimum Gasteiger partial charge on any atom is -0.480 e. The van der Waals surface area contributed by atoms with Gasteiger partial charge in [0.15, 0.2) is 0 Å². The van der Waals surface area contributed by atoms with Gasteiger partial charge in [0.1, 0.15) is 6.04 Å². The highest BCUT2D eigenvalue weighted by molar-refractivity contribution is 5.84. The quantitative estimate of drug-likeness (QED) is 0.797. The number of piperidine rings is 1. The monoisotopic (exact) mass is 237 g/mol. The molecular formula is C11H15N3O3. The predicted octanol–water partition coefficient (Wildman–Crippen LogP) is 0.418. The minimum atomic E-state index is -0.914. The van der Waals surface area contributed by atoms with Crippen molar-refractivity contribution >= 4 is 11.9 Å². The number of nitrogens with one attached hydrogen (secondary N) is 1. The molecule has 6 heteroatoms. The van der Waals surface area contributed by atoms with Crippen LogP contribution in [0, 0.1) is 0 Å². The Labute approximate surface area is 98.6 Å². The van der Waals surface area contributed by atoms with E-state index in [0.29, 0.717) is 18.7 Å². The Morgan fingerprint density at radius 1 is 1.53 bits per heavy atom. The van der Waals surface area contributed by atoms with E-state index in [0.717, 1.165) is 12.8 Å². The summed E-state index contributed by atoms with van der Waals surface area (Å²) in [5.41, 5.74) is 0.713. The Bertz CT molecular complexity index is 402. The number of nitrogens with zero attached hydrogens (tertiary/aromatic N) is 2. The molecule has 1 aliphatic heterocycles. The zero-order valence-corrected chi connectivity index (χ0v) is 9.43. The number of aliphatic carboxylic acids is 1. The number of carbonyl (C=O) groups is 2. The van der Waals surface area contributed by atoms with Crippen molar-refractivity contribution < 1.29 is 14.7 Å². The second-order valence-corrected chi connectivity index (χ2v) is 4.20. The minimum absolute atomic E-state index is 0.152. The van der Waals surface area contributed by atoms with Crippen molar-refractivity contribution in [3.63, 3.8) is 0 Å². The zero-order valence-electron chi connectivity index (χ0n) is 9.43. The third kappa shape index (κ3) is 2.64. The van der Waals surface area contributed by atoms with Gasteiger partial charge in [-0.25, -0.2) is 4.79 Å². The number of likely N-dealkylation sites (tertiary alicyclic amines) is 1. The van der Waals surface area contributed by atoms with Crippen LogP contribution >= 0.6 is 0 Å². The molecule has 0 spiro atoms. The molecule has 1 aliphatic rings. The van der Waals surface area contributed by atoms with Crippen molar-refractivity contribution in [2.24, 2.45) is 0 Å². The highest BCUT2D eigenvalue weighted by Gasteiger charge is 2.31. The summed E-state index contributed by atoms with van der Waals surface area (Å²) in [6.45, 7) is 0.532. The van der Waals surface area contributed by atoms with Crippen LogP contribution in [0.5, 0.6) is 0 Å². The Hall–Kier alpha value is -1.85. The first-order valence-electron chi connectivity index (χ1n) is 5.69. The van der Waals surface area contributed by atoms with Gasteiger partial charge in [0, 0.05) is 18.4 Å².